The quantitative estimate of drug-likeness (QED) is 0.669. The molecule has 1 atom stereocenters. The minimum absolute atomic E-state index is 0.0158. The van der Waals surface area contributed by atoms with Gasteiger partial charge in [0.15, 0.2) is 0 Å². The zero-order valence-electron chi connectivity index (χ0n) is 8.28. The van der Waals surface area contributed by atoms with Gasteiger partial charge in [0.25, 0.3) is 0 Å². The molecule has 1 aromatic heterocycles. The van der Waals surface area contributed by atoms with Crippen molar-refractivity contribution >= 4 is 38.9 Å². The molecular weight excluding hydrogens is 308 g/mol. The fraction of sp³-hybridized carbons (Fsp3) is 0.0909. The highest BCUT2D eigenvalue weighted by Crippen LogP contribution is 2.31. The van der Waals surface area contributed by atoms with Crippen LogP contribution in [0.5, 0.6) is 0 Å². The monoisotopic (exact) mass is 316 g/mol. The number of hydrogen-bond donors (Lipinski definition) is 2. The molecule has 84 valence electrons. The molecule has 1 aromatic carbocycles. The summed E-state index contributed by atoms with van der Waals surface area (Å²) in [7, 11) is 0. The SMILES string of the molecule is NNC(c1ccc(Cl)cc1)c1cscc1Br. The van der Waals surface area contributed by atoms with E-state index in [4.69, 9.17) is 17.4 Å². The second-order valence-electron chi connectivity index (χ2n) is 3.33. The lowest BCUT2D eigenvalue weighted by atomic mass is 10.0. The van der Waals surface area contributed by atoms with Crippen molar-refractivity contribution in [3.8, 4) is 0 Å². The van der Waals surface area contributed by atoms with Crippen LogP contribution in [-0.4, -0.2) is 0 Å². The number of hydrazine groups is 1. The molecule has 0 fully saturated rings. The summed E-state index contributed by atoms with van der Waals surface area (Å²) >= 11 is 11.0. The molecule has 2 nitrogen and oxygen atoms in total. The van der Waals surface area contributed by atoms with Gasteiger partial charge >= 0.3 is 0 Å². The van der Waals surface area contributed by atoms with Crippen molar-refractivity contribution in [3.63, 3.8) is 0 Å². The molecule has 0 radical (unpaired) electrons. The van der Waals surface area contributed by atoms with Crippen LogP contribution in [0, 0.1) is 0 Å². The zero-order valence-corrected chi connectivity index (χ0v) is 11.4. The summed E-state index contributed by atoms with van der Waals surface area (Å²) in [6, 6.07) is 7.65. The molecule has 0 spiro atoms. The van der Waals surface area contributed by atoms with Gasteiger partial charge in [-0.1, -0.05) is 23.7 Å². The molecule has 0 amide bonds. The van der Waals surface area contributed by atoms with Crippen molar-refractivity contribution in [3.05, 3.63) is 55.6 Å². The van der Waals surface area contributed by atoms with Crippen molar-refractivity contribution < 1.29 is 0 Å². The van der Waals surface area contributed by atoms with Crippen LogP contribution >= 0.6 is 38.9 Å². The van der Waals surface area contributed by atoms with E-state index in [1.54, 1.807) is 11.3 Å². The topological polar surface area (TPSA) is 38.0 Å². The maximum atomic E-state index is 5.86. The molecule has 0 aliphatic rings. The van der Waals surface area contributed by atoms with Crippen LogP contribution < -0.4 is 11.3 Å². The Morgan fingerprint density at radius 2 is 1.94 bits per heavy atom. The average Bonchev–Trinajstić information content (AvgIpc) is 2.69. The molecule has 1 heterocycles. The lowest BCUT2D eigenvalue weighted by Crippen LogP contribution is -2.28. The van der Waals surface area contributed by atoms with Crippen LogP contribution in [0.2, 0.25) is 5.02 Å². The summed E-state index contributed by atoms with van der Waals surface area (Å²) in [4.78, 5) is 0. The van der Waals surface area contributed by atoms with Crippen LogP contribution in [-0.2, 0) is 0 Å². The van der Waals surface area contributed by atoms with Crippen LogP contribution in [0.25, 0.3) is 0 Å². The normalized spacial score (nSPS) is 12.7. The standard InChI is InChI=1S/C11H10BrClN2S/c12-10-6-16-5-9(10)11(15-14)7-1-3-8(13)4-2-7/h1-6,11,15H,14H2. The van der Waals surface area contributed by atoms with Gasteiger partial charge in [-0.2, -0.15) is 11.3 Å². The van der Waals surface area contributed by atoms with Crippen LogP contribution in [0.4, 0.5) is 0 Å². The van der Waals surface area contributed by atoms with E-state index in [-0.39, 0.29) is 6.04 Å². The van der Waals surface area contributed by atoms with Gasteiger partial charge < -0.3 is 0 Å². The fourth-order valence-electron chi connectivity index (χ4n) is 1.52. The van der Waals surface area contributed by atoms with Crippen molar-refractivity contribution in [2.24, 2.45) is 5.84 Å². The Morgan fingerprint density at radius 3 is 2.44 bits per heavy atom. The largest absolute Gasteiger partial charge is 0.271 e. The Morgan fingerprint density at radius 1 is 1.25 bits per heavy atom. The summed E-state index contributed by atoms with van der Waals surface area (Å²) in [6.45, 7) is 0. The van der Waals surface area contributed by atoms with Gasteiger partial charge in [0.05, 0.1) is 6.04 Å². The molecule has 0 aliphatic carbocycles. The highest BCUT2D eigenvalue weighted by atomic mass is 79.9. The molecule has 2 aromatic rings. The molecular formula is C11H10BrClN2S. The molecule has 0 aliphatic heterocycles. The summed E-state index contributed by atoms with van der Waals surface area (Å²) in [5.41, 5.74) is 5.04. The van der Waals surface area contributed by atoms with Gasteiger partial charge in [-0.3, -0.25) is 5.84 Å². The average molecular weight is 318 g/mol. The van der Waals surface area contributed by atoms with Gasteiger partial charge in [0.2, 0.25) is 0 Å². The van der Waals surface area contributed by atoms with Gasteiger partial charge in [-0.05, 0) is 44.6 Å². The van der Waals surface area contributed by atoms with E-state index in [0.29, 0.717) is 0 Å². The predicted octanol–water partition coefficient (Wildman–Crippen LogP) is 3.72. The van der Waals surface area contributed by atoms with Crippen molar-refractivity contribution in [1.29, 1.82) is 0 Å². The Kier molecular flexibility index (Phi) is 4.00. The van der Waals surface area contributed by atoms with Gasteiger partial charge in [0.1, 0.15) is 0 Å². The Bertz CT molecular complexity index is 469. The third kappa shape index (κ3) is 2.47. The number of halogens is 2. The molecule has 0 bridgehead atoms. The fourth-order valence-corrected chi connectivity index (χ4v) is 3.20. The number of thiophene rings is 1. The van der Waals surface area contributed by atoms with Crippen LogP contribution in [0.15, 0.2) is 39.5 Å². The predicted molar refractivity (Wildman–Crippen MR) is 72.6 cm³/mol. The highest BCUT2D eigenvalue weighted by Gasteiger charge is 2.15. The lowest BCUT2D eigenvalue weighted by molar-refractivity contribution is 0.637. The Balaban J connectivity index is 2.37. The number of nitrogens with two attached hydrogens (primary N) is 1. The van der Waals surface area contributed by atoms with Crippen molar-refractivity contribution in [2.45, 2.75) is 6.04 Å². The minimum Gasteiger partial charge on any atom is -0.271 e. The van der Waals surface area contributed by atoms with Gasteiger partial charge in [0, 0.05) is 14.9 Å². The summed E-state index contributed by atoms with van der Waals surface area (Å²) in [5, 5.41) is 4.84. The number of benzene rings is 1. The van der Waals surface area contributed by atoms with E-state index in [1.807, 2.05) is 29.6 Å². The van der Waals surface area contributed by atoms with E-state index in [0.717, 1.165) is 20.6 Å². The van der Waals surface area contributed by atoms with Gasteiger partial charge in [-0.25, -0.2) is 5.43 Å². The van der Waals surface area contributed by atoms with Crippen LogP contribution in [0.3, 0.4) is 0 Å². The summed E-state index contributed by atoms with van der Waals surface area (Å²) < 4.78 is 1.07. The van der Waals surface area contributed by atoms with Gasteiger partial charge in [-0.15, -0.1) is 0 Å². The second kappa shape index (κ2) is 5.29. The second-order valence-corrected chi connectivity index (χ2v) is 5.36. The van der Waals surface area contributed by atoms with Crippen LogP contribution in [0.1, 0.15) is 17.2 Å². The lowest BCUT2D eigenvalue weighted by Gasteiger charge is -2.16. The molecule has 16 heavy (non-hydrogen) atoms. The molecule has 2 rings (SSSR count). The maximum Gasteiger partial charge on any atom is 0.0729 e. The zero-order chi connectivity index (χ0) is 11.5. The first kappa shape index (κ1) is 12.1. The molecule has 5 heteroatoms. The van der Waals surface area contributed by atoms with E-state index in [1.165, 1.54) is 0 Å². The number of rotatable bonds is 3. The third-order valence-electron chi connectivity index (χ3n) is 2.32. The molecule has 1 unspecified atom stereocenters. The number of nitrogens with one attached hydrogen (secondary N) is 1. The van der Waals surface area contributed by atoms with E-state index >= 15 is 0 Å². The maximum absolute atomic E-state index is 5.86. The van der Waals surface area contributed by atoms with Crippen molar-refractivity contribution in [1.82, 2.24) is 5.43 Å². The smallest absolute Gasteiger partial charge is 0.0729 e. The van der Waals surface area contributed by atoms with E-state index in [9.17, 15) is 0 Å². The third-order valence-corrected chi connectivity index (χ3v) is 4.33. The molecule has 3 N–H and O–H groups in total. The number of hydrogen-bond acceptors (Lipinski definition) is 3. The van der Waals surface area contributed by atoms with E-state index in [2.05, 4.69) is 26.7 Å². The first-order valence-corrected chi connectivity index (χ1v) is 6.77. The molecule has 0 saturated heterocycles. The Hall–Kier alpha value is -0.390. The summed E-state index contributed by atoms with van der Waals surface area (Å²) in [5.74, 6) is 5.60. The Labute approximate surface area is 112 Å². The first-order chi connectivity index (χ1) is 7.72. The first-order valence-electron chi connectivity index (χ1n) is 4.65. The molecule has 0 saturated carbocycles. The minimum atomic E-state index is -0.0158. The highest BCUT2D eigenvalue weighted by molar-refractivity contribution is 9.10. The summed E-state index contributed by atoms with van der Waals surface area (Å²) in [6.07, 6.45) is 0. The van der Waals surface area contributed by atoms with E-state index < -0.39 is 0 Å². The van der Waals surface area contributed by atoms with Crippen molar-refractivity contribution in [2.75, 3.05) is 0 Å².